The standard InChI is InChI=1S/C15H17N3OS/c19-14-4-2-1-3-12(14)9-16-18-15(20)17-13-8-10-5-6-11(13)7-10/h1-6,9-11,13,19H,7-8H2,(H2,17,18,20)/b16-9-/t10-,11-,13+/m0/s1. The summed E-state index contributed by atoms with van der Waals surface area (Å²) < 4.78 is 0. The summed E-state index contributed by atoms with van der Waals surface area (Å²) in [5, 5.41) is 17.5. The number of hydrogen-bond acceptors (Lipinski definition) is 3. The molecule has 0 radical (unpaired) electrons. The number of phenolic OH excluding ortho intramolecular Hbond substituents is 1. The van der Waals surface area contributed by atoms with E-state index < -0.39 is 0 Å². The SMILES string of the molecule is Oc1ccccc1/C=N\NC(=S)N[C@@H]1C[C@H]2C=C[C@H]1C2. The molecule has 5 heteroatoms. The second kappa shape index (κ2) is 5.63. The molecule has 3 atom stereocenters. The van der Waals surface area contributed by atoms with Crippen molar-refractivity contribution in [3.05, 3.63) is 42.0 Å². The van der Waals surface area contributed by atoms with Gasteiger partial charge in [0.2, 0.25) is 0 Å². The van der Waals surface area contributed by atoms with Crippen LogP contribution in [0, 0.1) is 11.8 Å². The molecule has 3 rings (SSSR count). The van der Waals surface area contributed by atoms with Crippen molar-refractivity contribution >= 4 is 23.5 Å². The van der Waals surface area contributed by atoms with Crippen LogP contribution in [0.25, 0.3) is 0 Å². The zero-order chi connectivity index (χ0) is 13.9. The fourth-order valence-electron chi connectivity index (χ4n) is 2.90. The number of rotatable bonds is 3. The van der Waals surface area contributed by atoms with Gasteiger partial charge >= 0.3 is 0 Å². The number of benzene rings is 1. The Balaban J connectivity index is 1.50. The monoisotopic (exact) mass is 287 g/mol. The minimum Gasteiger partial charge on any atom is -0.507 e. The van der Waals surface area contributed by atoms with Crippen LogP contribution in [0.5, 0.6) is 5.75 Å². The predicted molar refractivity (Wildman–Crippen MR) is 83.7 cm³/mol. The Bertz CT molecular complexity index is 570. The molecule has 2 bridgehead atoms. The predicted octanol–water partition coefficient (Wildman–Crippen LogP) is 2.15. The molecule has 1 aromatic rings. The van der Waals surface area contributed by atoms with Crippen LogP contribution in [0.4, 0.5) is 0 Å². The van der Waals surface area contributed by atoms with E-state index in [-0.39, 0.29) is 5.75 Å². The van der Waals surface area contributed by atoms with Crippen molar-refractivity contribution in [2.75, 3.05) is 0 Å². The first kappa shape index (κ1) is 13.1. The van der Waals surface area contributed by atoms with Crippen molar-refractivity contribution in [1.29, 1.82) is 0 Å². The van der Waals surface area contributed by atoms with Gasteiger partial charge < -0.3 is 10.4 Å². The molecule has 4 nitrogen and oxygen atoms in total. The van der Waals surface area contributed by atoms with Crippen molar-refractivity contribution in [3.63, 3.8) is 0 Å². The highest BCUT2D eigenvalue weighted by Crippen LogP contribution is 2.38. The van der Waals surface area contributed by atoms with E-state index in [9.17, 15) is 5.11 Å². The quantitative estimate of drug-likeness (QED) is 0.345. The maximum atomic E-state index is 9.60. The lowest BCUT2D eigenvalue weighted by Gasteiger charge is -2.20. The van der Waals surface area contributed by atoms with E-state index in [0.29, 0.717) is 28.6 Å². The lowest BCUT2D eigenvalue weighted by atomic mass is 10.0. The summed E-state index contributed by atoms with van der Waals surface area (Å²) in [7, 11) is 0. The number of phenols is 1. The second-order valence-corrected chi connectivity index (χ2v) is 5.70. The van der Waals surface area contributed by atoms with E-state index >= 15 is 0 Å². The van der Waals surface area contributed by atoms with Crippen LogP contribution in [0.15, 0.2) is 41.5 Å². The summed E-state index contributed by atoms with van der Waals surface area (Å²) in [5.41, 5.74) is 3.46. The zero-order valence-electron chi connectivity index (χ0n) is 11.0. The van der Waals surface area contributed by atoms with Gasteiger partial charge in [0, 0.05) is 11.6 Å². The van der Waals surface area contributed by atoms with Crippen molar-refractivity contribution < 1.29 is 5.11 Å². The van der Waals surface area contributed by atoms with E-state index in [0.717, 1.165) is 6.42 Å². The van der Waals surface area contributed by atoms with Gasteiger partial charge in [-0.3, -0.25) is 5.43 Å². The van der Waals surface area contributed by atoms with E-state index in [1.807, 2.05) is 6.07 Å². The number of thiocarbonyl (C=S) groups is 1. The number of aromatic hydroxyl groups is 1. The van der Waals surface area contributed by atoms with Gasteiger partial charge in [0.25, 0.3) is 0 Å². The molecular formula is C15H17N3OS. The van der Waals surface area contributed by atoms with Gasteiger partial charge in [0.05, 0.1) is 6.21 Å². The minimum atomic E-state index is 0.204. The summed E-state index contributed by atoms with van der Waals surface area (Å²) >= 11 is 5.23. The Hall–Kier alpha value is -1.88. The highest BCUT2D eigenvalue weighted by molar-refractivity contribution is 7.80. The third kappa shape index (κ3) is 2.82. The third-order valence-corrected chi connectivity index (χ3v) is 4.11. The minimum absolute atomic E-state index is 0.204. The average Bonchev–Trinajstić information content (AvgIpc) is 3.03. The van der Waals surface area contributed by atoms with Gasteiger partial charge in [-0.1, -0.05) is 24.3 Å². The van der Waals surface area contributed by atoms with Crippen molar-refractivity contribution in [2.24, 2.45) is 16.9 Å². The maximum Gasteiger partial charge on any atom is 0.187 e. The molecule has 2 aliphatic carbocycles. The summed E-state index contributed by atoms with van der Waals surface area (Å²) in [6.07, 6.45) is 8.52. The van der Waals surface area contributed by atoms with Crippen molar-refractivity contribution in [2.45, 2.75) is 18.9 Å². The first-order valence-corrected chi connectivity index (χ1v) is 7.19. The number of fused-ring (bicyclic) bond motifs is 2. The van der Waals surface area contributed by atoms with Crippen LogP contribution >= 0.6 is 12.2 Å². The van der Waals surface area contributed by atoms with Crippen LogP contribution in [-0.4, -0.2) is 22.5 Å². The smallest absolute Gasteiger partial charge is 0.187 e. The Kier molecular flexibility index (Phi) is 3.69. The lowest BCUT2D eigenvalue weighted by Crippen LogP contribution is -2.42. The summed E-state index contributed by atoms with van der Waals surface area (Å²) in [6.45, 7) is 0. The number of nitrogens with one attached hydrogen (secondary N) is 2. The van der Waals surface area contributed by atoms with Gasteiger partial charge in [-0.05, 0) is 49.0 Å². The number of nitrogens with zero attached hydrogens (tertiary/aromatic N) is 1. The van der Waals surface area contributed by atoms with Crippen molar-refractivity contribution in [1.82, 2.24) is 10.7 Å². The summed E-state index contributed by atoms with van der Waals surface area (Å²) in [4.78, 5) is 0. The molecule has 0 aromatic heterocycles. The molecule has 0 unspecified atom stereocenters. The fraction of sp³-hybridized carbons (Fsp3) is 0.333. The molecule has 0 amide bonds. The molecule has 0 saturated heterocycles. The molecule has 0 heterocycles. The van der Waals surface area contributed by atoms with Gasteiger partial charge in [0.1, 0.15) is 5.75 Å². The van der Waals surface area contributed by atoms with Gasteiger partial charge in [-0.15, -0.1) is 0 Å². The first-order chi connectivity index (χ1) is 9.72. The van der Waals surface area contributed by atoms with Gasteiger partial charge in [0.15, 0.2) is 5.11 Å². The molecule has 104 valence electrons. The first-order valence-electron chi connectivity index (χ1n) is 6.78. The molecule has 0 aliphatic heterocycles. The number of hydrogen-bond donors (Lipinski definition) is 3. The molecule has 1 fully saturated rings. The van der Waals surface area contributed by atoms with Crippen LogP contribution in [0.1, 0.15) is 18.4 Å². The normalized spacial score (nSPS) is 27.1. The Labute approximate surface area is 123 Å². The number of allylic oxidation sites excluding steroid dienone is 1. The van der Waals surface area contributed by atoms with E-state index in [1.54, 1.807) is 24.4 Å². The molecular weight excluding hydrogens is 270 g/mol. The van der Waals surface area contributed by atoms with Gasteiger partial charge in [-0.2, -0.15) is 5.10 Å². The molecule has 1 aromatic carbocycles. The Morgan fingerprint density at radius 3 is 2.85 bits per heavy atom. The maximum absolute atomic E-state index is 9.60. The van der Waals surface area contributed by atoms with Crippen LogP contribution in [0.2, 0.25) is 0 Å². The topological polar surface area (TPSA) is 56.7 Å². The molecule has 0 spiro atoms. The summed E-state index contributed by atoms with van der Waals surface area (Å²) in [6, 6.07) is 7.45. The highest BCUT2D eigenvalue weighted by atomic mass is 32.1. The largest absolute Gasteiger partial charge is 0.507 e. The average molecular weight is 287 g/mol. The van der Waals surface area contributed by atoms with Crippen LogP contribution < -0.4 is 10.7 Å². The number of para-hydroxylation sites is 1. The molecule has 3 N–H and O–H groups in total. The fourth-order valence-corrected chi connectivity index (χ4v) is 3.11. The zero-order valence-corrected chi connectivity index (χ0v) is 11.8. The highest BCUT2D eigenvalue weighted by Gasteiger charge is 2.35. The Morgan fingerprint density at radius 2 is 2.15 bits per heavy atom. The molecule has 2 aliphatic rings. The van der Waals surface area contributed by atoms with Crippen LogP contribution in [0.3, 0.4) is 0 Å². The van der Waals surface area contributed by atoms with E-state index in [1.165, 1.54) is 6.42 Å². The summed E-state index contributed by atoms with van der Waals surface area (Å²) in [5.74, 6) is 1.52. The molecule has 1 saturated carbocycles. The molecule has 20 heavy (non-hydrogen) atoms. The van der Waals surface area contributed by atoms with Gasteiger partial charge in [-0.25, -0.2) is 0 Å². The lowest BCUT2D eigenvalue weighted by molar-refractivity contribution is 0.474. The second-order valence-electron chi connectivity index (χ2n) is 5.29. The third-order valence-electron chi connectivity index (χ3n) is 3.90. The van der Waals surface area contributed by atoms with E-state index in [2.05, 4.69) is 28.0 Å². The van der Waals surface area contributed by atoms with E-state index in [4.69, 9.17) is 12.2 Å². The Morgan fingerprint density at radius 1 is 1.30 bits per heavy atom. The van der Waals surface area contributed by atoms with Crippen molar-refractivity contribution in [3.8, 4) is 5.75 Å². The number of hydrazone groups is 1. The van der Waals surface area contributed by atoms with Crippen LogP contribution in [-0.2, 0) is 0 Å².